The first kappa shape index (κ1) is 8.57. The first-order chi connectivity index (χ1) is 5.25. The zero-order valence-corrected chi connectivity index (χ0v) is 7.52. The van der Waals surface area contributed by atoms with Crippen molar-refractivity contribution in [2.24, 2.45) is 4.99 Å². The highest BCUT2D eigenvalue weighted by atomic mass is 35.5. The van der Waals surface area contributed by atoms with Crippen LogP contribution in [0.1, 0.15) is 5.56 Å². The molecule has 0 saturated heterocycles. The van der Waals surface area contributed by atoms with Gasteiger partial charge in [-0.15, -0.1) is 0 Å². The lowest BCUT2D eigenvalue weighted by atomic mass is 10.2. The van der Waals surface area contributed by atoms with Gasteiger partial charge in [0.15, 0.2) is 0 Å². The molecule has 0 atom stereocenters. The van der Waals surface area contributed by atoms with Crippen molar-refractivity contribution in [3.8, 4) is 0 Å². The number of halogens is 2. The molecule has 0 aliphatic carbocycles. The molecule has 1 rings (SSSR count). The molecule has 0 bridgehead atoms. The Hall–Kier alpha value is -0.530. The van der Waals surface area contributed by atoms with Gasteiger partial charge in [0.25, 0.3) is 0 Å². The van der Waals surface area contributed by atoms with E-state index in [1.54, 1.807) is 31.5 Å². The lowest BCUT2D eigenvalue weighted by Gasteiger charge is -1.98. The van der Waals surface area contributed by atoms with Crippen molar-refractivity contribution in [1.82, 2.24) is 0 Å². The van der Waals surface area contributed by atoms with Crippen LogP contribution in [0.5, 0.6) is 0 Å². The maximum atomic E-state index is 5.83. The fraction of sp³-hybridized carbons (Fsp3) is 0.125. The van der Waals surface area contributed by atoms with Crippen molar-refractivity contribution in [2.75, 3.05) is 7.05 Å². The summed E-state index contributed by atoms with van der Waals surface area (Å²) >= 11 is 11.7. The molecule has 0 amide bonds. The molecule has 0 spiro atoms. The van der Waals surface area contributed by atoms with Crippen molar-refractivity contribution < 1.29 is 0 Å². The number of nitrogens with zero attached hydrogens (tertiary/aromatic N) is 1. The summed E-state index contributed by atoms with van der Waals surface area (Å²) in [4.78, 5) is 3.83. The van der Waals surface area contributed by atoms with E-state index in [1.165, 1.54) is 0 Å². The van der Waals surface area contributed by atoms with Crippen LogP contribution in [0.3, 0.4) is 0 Å². The van der Waals surface area contributed by atoms with E-state index in [0.29, 0.717) is 10.0 Å². The fourth-order valence-electron chi connectivity index (χ4n) is 0.763. The van der Waals surface area contributed by atoms with Crippen molar-refractivity contribution in [3.63, 3.8) is 0 Å². The van der Waals surface area contributed by atoms with Crippen LogP contribution in [0.4, 0.5) is 0 Å². The summed E-state index contributed by atoms with van der Waals surface area (Å²) in [6.45, 7) is 0. The van der Waals surface area contributed by atoms with Crippen LogP contribution in [0.15, 0.2) is 23.2 Å². The molecule has 58 valence electrons. The normalized spacial score (nSPS) is 10.8. The monoisotopic (exact) mass is 187 g/mol. The zero-order chi connectivity index (χ0) is 8.27. The Kier molecular flexibility index (Phi) is 2.92. The summed E-state index contributed by atoms with van der Waals surface area (Å²) in [5.74, 6) is 0. The summed E-state index contributed by atoms with van der Waals surface area (Å²) in [6.07, 6.45) is 1.64. The van der Waals surface area contributed by atoms with Crippen molar-refractivity contribution in [1.29, 1.82) is 0 Å². The first-order valence-electron chi connectivity index (χ1n) is 3.12. The van der Waals surface area contributed by atoms with Crippen LogP contribution in [-0.2, 0) is 0 Å². The van der Waals surface area contributed by atoms with Crippen LogP contribution < -0.4 is 0 Å². The van der Waals surface area contributed by atoms with E-state index in [4.69, 9.17) is 23.2 Å². The molecule has 11 heavy (non-hydrogen) atoms. The Morgan fingerprint density at radius 3 is 2.27 bits per heavy atom. The molecule has 3 heteroatoms. The standard InChI is InChI=1S/C8H7Cl2N/c1-11-5-6-7(9)3-2-4-8(6)10/h2-5H,1H3/b11-5+. The highest BCUT2D eigenvalue weighted by Gasteiger charge is 2.00. The molecule has 0 saturated carbocycles. The molecule has 0 radical (unpaired) electrons. The molecule has 0 aliphatic heterocycles. The summed E-state index contributed by atoms with van der Waals surface area (Å²) in [5, 5.41) is 1.26. The first-order valence-corrected chi connectivity index (χ1v) is 3.87. The third kappa shape index (κ3) is 1.95. The van der Waals surface area contributed by atoms with Crippen LogP contribution in [0.25, 0.3) is 0 Å². The third-order valence-corrected chi connectivity index (χ3v) is 1.92. The van der Waals surface area contributed by atoms with Crippen molar-refractivity contribution >= 4 is 29.4 Å². The average Bonchev–Trinajstić information content (AvgIpc) is 1.97. The highest BCUT2D eigenvalue weighted by molar-refractivity contribution is 6.38. The Bertz CT molecular complexity index is 261. The van der Waals surface area contributed by atoms with Crippen molar-refractivity contribution in [3.05, 3.63) is 33.8 Å². The molecule has 0 N–H and O–H groups in total. The van der Waals surface area contributed by atoms with E-state index < -0.39 is 0 Å². The maximum absolute atomic E-state index is 5.83. The lowest BCUT2D eigenvalue weighted by molar-refractivity contribution is 1.46. The van der Waals surface area contributed by atoms with Gasteiger partial charge in [0, 0.05) is 18.8 Å². The molecule has 0 heterocycles. The lowest BCUT2D eigenvalue weighted by Crippen LogP contribution is -1.83. The number of benzene rings is 1. The van der Waals surface area contributed by atoms with Gasteiger partial charge in [-0.3, -0.25) is 4.99 Å². The topological polar surface area (TPSA) is 12.4 Å². The number of rotatable bonds is 1. The van der Waals surface area contributed by atoms with Crippen LogP contribution in [-0.4, -0.2) is 13.3 Å². The largest absolute Gasteiger partial charge is 0.296 e. The molecule has 1 nitrogen and oxygen atoms in total. The SMILES string of the molecule is C/N=C/c1c(Cl)cccc1Cl. The van der Waals surface area contributed by atoms with E-state index in [2.05, 4.69) is 4.99 Å². The predicted octanol–water partition coefficient (Wildman–Crippen LogP) is 3.04. The maximum Gasteiger partial charge on any atom is 0.0508 e. The minimum Gasteiger partial charge on any atom is -0.296 e. The molecule has 1 aromatic rings. The third-order valence-electron chi connectivity index (χ3n) is 1.26. The zero-order valence-electron chi connectivity index (χ0n) is 6.01. The van der Waals surface area contributed by atoms with Gasteiger partial charge < -0.3 is 0 Å². The summed E-state index contributed by atoms with van der Waals surface area (Å²) < 4.78 is 0. The molecular formula is C8H7Cl2N. The van der Waals surface area contributed by atoms with Gasteiger partial charge >= 0.3 is 0 Å². The highest BCUT2D eigenvalue weighted by Crippen LogP contribution is 2.21. The molecule has 0 aromatic heterocycles. The Morgan fingerprint density at radius 2 is 1.82 bits per heavy atom. The van der Waals surface area contributed by atoms with Crippen LogP contribution >= 0.6 is 23.2 Å². The summed E-state index contributed by atoms with van der Waals surface area (Å²) in [7, 11) is 1.68. The Morgan fingerprint density at radius 1 is 1.27 bits per heavy atom. The van der Waals surface area contributed by atoms with E-state index >= 15 is 0 Å². The van der Waals surface area contributed by atoms with Gasteiger partial charge in [-0.2, -0.15) is 0 Å². The van der Waals surface area contributed by atoms with Crippen LogP contribution in [0, 0.1) is 0 Å². The van der Waals surface area contributed by atoms with Gasteiger partial charge in [0.05, 0.1) is 10.0 Å². The summed E-state index contributed by atoms with van der Waals surface area (Å²) in [6, 6.07) is 5.37. The minimum atomic E-state index is 0.628. The quantitative estimate of drug-likeness (QED) is 0.600. The van der Waals surface area contributed by atoms with Gasteiger partial charge in [0.1, 0.15) is 0 Å². The Labute approximate surface area is 75.7 Å². The minimum absolute atomic E-state index is 0.628. The molecular weight excluding hydrogens is 181 g/mol. The second-order valence-electron chi connectivity index (χ2n) is 2.02. The van der Waals surface area contributed by atoms with Crippen molar-refractivity contribution in [2.45, 2.75) is 0 Å². The van der Waals surface area contributed by atoms with E-state index in [-0.39, 0.29) is 0 Å². The molecule has 0 unspecified atom stereocenters. The fourth-order valence-corrected chi connectivity index (χ4v) is 1.26. The second-order valence-corrected chi connectivity index (χ2v) is 2.84. The van der Waals surface area contributed by atoms with Gasteiger partial charge in [0.2, 0.25) is 0 Å². The number of hydrogen-bond acceptors (Lipinski definition) is 1. The van der Waals surface area contributed by atoms with E-state index in [9.17, 15) is 0 Å². The van der Waals surface area contributed by atoms with Gasteiger partial charge in [-0.05, 0) is 12.1 Å². The number of hydrogen-bond donors (Lipinski definition) is 0. The van der Waals surface area contributed by atoms with Gasteiger partial charge in [-0.1, -0.05) is 29.3 Å². The molecule has 0 aliphatic rings. The van der Waals surface area contributed by atoms with E-state index in [1.807, 2.05) is 0 Å². The molecule has 0 fully saturated rings. The predicted molar refractivity (Wildman–Crippen MR) is 50.0 cm³/mol. The van der Waals surface area contributed by atoms with Gasteiger partial charge in [-0.25, -0.2) is 0 Å². The Balaban J connectivity index is 3.20. The smallest absolute Gasteiger partial charge is 0.0508 e. The number of aliphatic imine (C=N–C) groups is 1. The average molecular weight is 188 g/mol. The van der Waals surface area contributed by atoms with E-state index in [0.717, 1.165) is 5.56 Å². The summed E-state index contributed by atoms with van der Waals surface area (Å²) in [5.41, 5.74) is 0.776. The second kappa shape index (κ2) is 3.74. The van der Waals surface area contributed by atoms with Crippen LogP contribution in [0.2, 0.25) is 10.0 Å². The molecule has 1 aromatic carbocycles.